The number of benzene rings is 9. The largest absolute Gasteiger partial charge is 0.456 e. The topological polar surface area (TPSA) is 18.1 Å². The van der Waals surface area contributed by atoms with E-state index in [1.54, 1.807) is 0 Å². The third kappa shape index (κ3) is 3.96. The van der Waals surface area contributed by atoms with Crippen LogP contribution in [-0.2, 0) is 0 Å². The smallest absolute Gasteiger partial charge is 0.135 e. The molecule has 0 N–H and O–H groups in total. The molecule has 2 nitrogen and oxygen atoms in total. The Morgan fingerprint density at radius 3 is 1.54 bits per heavy atom. The molecule has 0 atom stereocenters. The fourth-order valence-electron chi connectivity index (χ4n) is 8.24. The maximum Gasteiger partial charge on any atom is 0.135 e. The van der Waals surface area contributed by atoms with Crippen molar-refractivity contribution in [2.24, 2.45) is 0 Å². The first-order chi connectivity index (χ1) is 24.8. The molecular weight excluding hydrogens is 607 g/mol. The normalized spacial score (nSPS) is 12.0. The fourth-order valence-corrected chi connectivity index (χ4v) is 8.24. The third-order valence-electron chi connectivity index (χ3n) is 10.6. The SMILES string of the molecule is c1ccc2oc(-c3ccc(-c4cc(-c5ccc(-n6c7ccccc7c7ccccc76)cc5)c5ccc6cccc7ccc4c5c76)cc3)cc2c1. The minimum atomic E-state index is 0.886. The van der Waals surface area contributed by atoms with Crippen LogP contribution in [0.5, 0.6) is 0 Å². The van der Waals surface area contributed by atoms with E-state index in [1.165, 1.54) is 76.4 Å². The van der Waals surface area contributed by atoms with Crippen LogP contribution in [0, 0.1) is 0 Å². The lowest BCUT2D eigenvalue weighted by Gasteiger charge is -2.18. The number of para-hydroxylation sites is 3. The summed E-state index contributed by atoms with van der Waals surface area (Å²) in [6.07, 6.45) is 0. The highest BCUT2D eigenvalue weighted by atomic mass is 16.3. The van der Waals surface area contributed by atoms with E-state index in [-0.39, 0.29) is 0 Å². The molecular formula is C48H29NO. The lowest BCUT2D eigenvalue weighted by atomic mass is 9.85. The Morgan fingerprint density at radius 2 is 0.900 bits per heavy atom. The number of hydrogen-bond donors (Lipinski definition) is 0. The lowest BCUT2D eigenvalue weighted by molar-refractivity contribution is 0.631. The van der Waals surface area contributed by atoms with Gasteiger partial charge < -0.3 is 8.98 Å². The van der Waals surface area contributed by atoms with Crippen LogP contribution >= 0.6 is 0 Å². The Labute approximate surface area is 288 Å². The lowest BCUT2D eigenvalue weighted by Crippen LogP contribution is -1.94. The van der Waals surface area contributed by atoms with Crippen LogP contribution in [0.1, 0.15) is 0 Å². The number of aromatic nitrogens is 1. The van der Waals surface area contributed by atoms with E-state index in [4.69, 9.17) is 4.42 Å². The highest BCUT2D eigenvalue weighted by molar-refractivity contribution is 6.28. The monoisotopic (exact) mass is 635 g/mol. The fraction of sp³-hybridized carbons (Fsp3) is 0. The molecule has 232 valence electrons. The molecule has 11 aromatic rings. The molecule has 0 unspecified atom stereocenters. The zero-order chi connectivity index (χ0) is 32.8. The molecule has 0 saturated heterocycles. The van der Waals surface area contributed by atoms with Gasteiger partial charge in [0.05, 0.1) is 11.0 Å². The van der Waals surface area contributed by atoms with Gasteiger partial charge in [-0.15, -0.1) is 0 Å². The van der Waals surface area contributed by atoms with Crippen LogP contribution in [0.4, 0.5) is 0 Å². The second-order valence-corrected chi connectivity index (χ2v) is 13.3. The van der Waals surface area contributed by atoms with E-state index in [9.17, 15) is 0 Å². The van der Waals surface area contributed by atoms with Crippen molar-refractivity contribution in [1.82, 2.24) is 4.57 Å². The number of fused-ring (bicyclic) bond motifs is 4. The average Bonchev–Trinajstić information content (AvgIpc) is 3.77. The van der Waals surface area contributed by atoms with Gasteiger partial charge >= 0.3 is 0 Å². The van der Waals surface area contributed by atoms with Crippen molar-refractivity contribution in [2.75, 3.05) is 0 Å². The zero-order valence-electron chi connectivity index (χ0n) is 27.1. The molecule has 0 aliphatic rings. The summed E-state index contributed by atoms with van der Waals surface area (Å²) >= 11 is 0. The Bertz CT molecular complexity index is 2970. The van der Waals surface area contributed by atoms with Crippen molar-refractivity contribution in [2.45, 2.75) is 0 Å². The molecule has 50 heavy (non-hydrogen) atoms. The van der Waals surface area contributed by atoms with Crippen LogP contribution in [0.2, 0.25) is 0 Å². The Kier molecular flexibility index (Phi) is 5.70. The molecule has 0 saturated carbocycles. The molecule has 9 aromatic carbocycles. The first kappa shape index (κ1) is 27.3. The van der Waals surface area contributed by atoms with Gasteiger partial charge in [-0.3, -0.25) is 0 Å². The third-order valence-corrected chi connectivity index (χ3v) is 10.6. The highest BCUT2D eigenvalue weighted by Crippen LogP contribution is 2.44. The summed E-state index contributed by atoms with van der Waals surface area (Å²) in [6.45, 7) is 0. The molecule has 0 fully saturated rings. The summed E-state index contributed by atoms with van der Waals surface area (Å²) < 4.78 is 8.59. The molecule has 0 aliphatic carbocycles. The molecule has 2 aromatic heterocycles. The van der Waals surface area contributed by atoms with Gasteiger partial charge in [0.15, 0.2) is 0 Å². The Morgan fingerprint density at radius 1 is 0.360 bits per heavy atom. The standard InChI is InChI=1S/C48H29NO/c1-6-15-45-35(8-1)28-46(50-45)32-18-16-30(17-19-32)41-29-42(40-27-23-34-10-7-9-33-22-26-39(41)48(40)47(33)34)31-20-24-36(25-21-31)49-43-13-4-2-11-37(43)38-12-3-5-14-44(38)49/h1-29H. The summed E-state index contributed by atoms with van der Waals surface area (Å²) in [7, 11) is 0. The molecule has 0 aliphatic heterocycles. The predicted molar refractivity (Wildman–Crippen MR) is 211 cm³/mol. The first-order valence-corrected chi connectivity index (χ1v) is 17.2. The summed E-state index contributed by atoms with van der Waals surface area (Å²) in [5, 5.41) is 11.4. The highest BCUT2D eigenvalue weighted by Gasteiger charge is 2.18. The molecule has 0 spiro atoms. The van der Waals surface area contributed by atoms with Gasteiger partial charge in [0.25, 0.3) is 0 Å². The number of furan rings is 1. The van der Waals surface area contributed by atoms with E-state index in [1.807, 2.05) is 18.2 Å². The van der Waals surface area contributed by atoms with Crippen LogP contribution in [0.15, 0.2) is 180 Å². The molecule has 0 radical (unpaired) electrons. The summed E-state index contributed by atoms with van der Waals surface area (Å²) in [4.78, 5) is 0. The molecule has 0 bridgehead atoms. The first-order valence-electron chi connectivity index (χ1n) is 17.2. The number of hydrogen-bond acceptors (Lipinski definition) is 1. The van der Waals surface area contributed by atoms with Gasteiger partial charge in [0.1, 0.15) is 11.3 Å². The minimum absolute atomic E-state index is 0.886. The van der Waals surface area contributed by atoms with Gasteiger partial charge in [0.2, 0.25) is 0 Å². The second kappa shape index (κ2) is 10.4. The zero-order valence-corrected chi connectivity index (χ0v) is 27.1. The van der Waals surface area contributed by atoms with Gasteiger partial charge in [0, 0.05) is 27.4 Å². The van der Waals surface area contributed by atoms with E-state index >= 15 is 0 Å². The van der Waals surface area contributed by atoms with Gasteiger partial charge in [-0.1, -0.05) is 133 Å². The Balaban J connectivity index is 1.10. The van der Waals surface area contributed by atoms with Crippen molar-refractivity contribution in [3.05, 3.63) is 176 Å². The van der Waals surface area contributed by atoms with Crippen molar-refractivity contribution in [3.63, 3.8) is 0 Å². The molecule has 2 heterocycles. The summed E-state index contributed by atoms with van der Waals surface area (Å²) in [5.41, 5.74) is 10.4. The van der Waals surface area contributed by atoms with Crippen LogP contribution in [-0.4, -0.2) is 4.57 Å². The number of nitrogens with zero attached hydrogens (tertiary/aromatic N) is 1. The van der Waals surface area contributed by atoms with Gasteiger partial charge in [-0.25, -0.2) is 0 Å². The van der Waals surface area contributed by atoms with E-state index in [0.29, 0.717) is 0 Å². The van der Waals surface area contributed by atoms with Crippen LogP contribution in [0.3, 0.4) is 0 Å². The van der Waals surface area contributed by atoms with Crippen molar-refractivity contribution >= 4 is 65.1 Å². The number of rotatable bonds is 4. The molecule has 2 heteroatoms. The van der Waals surface area contributed by atoms with Crippen molar-refractivity contribution in [3.8, 4) is 39.3 Å². The second-order valence-electron chi connectivity index (χ2n) is 13.3. The maximum atomic E-state index is 6.21. The van der Waals surface area contributed by atoms with Crippen LogP contribution < -0.4 is 0 Å². The quantitative estimate of drug-likeness (QED) is 0.176. The Hall–Kier alpha value is -6.64. The molecule has 11 rings (SSSR count). The van der Waals surface area contributed by atoms with Crippen molar-refractivity contribution < 1.29 is 4.42 Å². The van der Waals surface area contributed by atoms with E-state index < -0.39 is 0 Å². The average molecular weight is 636 g/mol. The van der Waals surface area contributed by atoms with Gasteiger partial charge in [-0.05, 0) is 97.0 Å². The summed E-state index contributed by atoms with van der Waals surface area (Å²) in [5.74, 6) is 0.886. The minimum Gasteiger partial charge on any atom is -0.456 e. The molecule has 0 amide bonds. The van der Waals surface area contributed by atoms with Gasteiger partial charge in [-0.2, -0.15) is 0 Å². The maximum absolute atomic E-state index is 6.21. The van der Waals surface area contributed by atoms with Crippen LogP contribution in [0.25, 0.3) is 104 Å². The van der Waals surface area contributed by atoms with E-state index in [2.05, 4.69) is 162 Å². The predicted octanol–water partition coefficient (Wildman–Crippen LogP) is 13.4. The van der Waals surface area contributed by atoms with Crippen molar-refractivity contribution in [1.29, 1.82) is 0 Å². The van der Waals surface area contributed by atoms with E-state index in [0.717, 1.165) is 28.0 Å². The summed E-state index contributed by atoms with van der Waals surface area (Å²) in [6, 6.07) is 63.9.